The predicted molar refractivity (Wildman–Crippen MR) is 91.3 cm³/mol. The quantitative estimate of drug-likeness (QED) is 0.875. The first-order valence-electron chi connectivity index (χ1n) is 7.43. The van der Waals surface area contributed by atoms with E-state index < -0.39 is 5.25 Å². The number of thioether (sulfide) groups is 1. The van der Waals surface area contributed by atoms with E-state index in [1.165, 1.54) is 11.8 Å². The Balaban J connectivity index is 2.08. The van der Waals surface area contributed by atoms with Crippen molar-refractivity contribution in [2.24, 2.45) is 4.99 Å². The van der Waals surface area contributed by atoms with Gasteiger partial charge in [-0.15, -0.1) is 0 Å². The molecular weight excluding hydrogens is 298 g/mol. The standard InChI is InChI=1S/C16H21N3O2S/c1-4-10-7-6-8-11(5-2)14(10)18-13(20)9-12-15(21)19-16(17-3)22-12/h6-8,12H,4-5,9H2,1-3H3,(H,18,20)(H,17,19,21)/t12-/m1/s1. The summed E-state index contributed by atoms with van der Waals surface area (Å²) in [6.45, 7) is 4.13. The monoisotopic (exact) mass is 319 g/mol. The molecule has 5 nitrogen and oxygen atoms in total. The number of carbonyl (C=O) groups excluding carboxylic acids is 2. The smallest absolute Gasteiger partial charge is 0.240 e. The summed E-state index contributed by atoms with van der Waals surface area (Å²) in [6.07, 6.45) is 1.86. The molecule has 0 bridgehead atoms. The van der Waals surface area contributed by atoms with Crippen molar-refractivity contribution in [2.45, 2.75) is 38.4 Å². The van der Waals surface area contributed by atoms with Gasteiger partial charge < -0.3 is 10.6 Å². The van der Waals surface area contributed by atoms with Crippen molar-refractivity contribution in [3.05, 3.63) is 29.3 Å². The first kappa shape index (κ1) is 16.5. The maximum absolute atomic E-state index is 12.3. The number of nitrogens with one attached hydrogen (secondary N) is 2. The third kappa shape index (κ3) is 3.68. The van der Waals surface area contributed by atoms with Crippen molar-refractivity contribution in [1.29, 1.82) is 0 Å². The van der Waals surface area contributed by atoms with Crippen LogP contribution in [-0.2, 0) is 22.4 Å². The summed E-state index contributed by atoms with van der Waals surface area (Å²) in [4.78, 5) is 28.0. The second kappa shape index (κ2) is 7.45. The number of hydrogen-bond donors (Lipinski definition) is 2. The van der Waals surface area contributed by atoms with Gasteiger partial charge in [-0.05, 0) is 24.0 Å². The van der Waals surface area contributed by atoms with Crippen LogP contribution in [0.3, 0.4) is 0 Å². The van der Waals surface area contributed by atoms with Crippen LogP contribution in [0.25, 0.3) is 0 Å². The van der Waals surface area contributed by atoms with E-state index in [0.29, 0.717) is 5.17 Å². The van der Waals surface area contributed by atoms with Crippen molar-refractivity contribution in [3.8, 4) is 0 Å². The van der Waals surface area contributed by atoms with E-state index in [-0.39, 0.29) is 18.2 Å². The summed E-state index contributed by atoms with van der Waals surface area (Å²) < 4.78 is 0. The number of amidine groups is 1. The first-order valence-corrected chi connectivity index (χ1v) is 8.31. The maximum Gasteiger partial charge on any atom is 0.240 e. The van der Waals surface area contributed by atoms with Gasteiger partial charge in [0.05, 0.1) is 0 Å². The van der Waals surface area contributed by atoms with E-state index in [1.807, 2.05) is 18.2 Å². The van der Waals surface area contributed by atoms with Crippen LogP contribution in [0.1, 0.15) is 31.4 Å². The van der Waals surface area contributed by atoms with Crippen LogP contribution < -0.4 is 10.6 Å². The molecule has 2 N–H and O–H groups in total. The highest BCUT2D eigenvalue weighted by molar-refractivity contribution is 8.15. The topological polar surface area (TPSA) is 70.6 Å². The zero-order chi connectivity index (χ0) is 16.1. The fraction of sp³-hybridized carbons (Fsp3) is 0.438. The Morgan fingerprint density at radius 2 is 1.95 bits per heavy atom. The number of para-hydroxylation sites is 1. The number of aliphatic imine (C=N–C) groups is 1. The number of carbonyl (C=O) groups is 2. The van der Waals surface area contributed by atoms with E-state index in [2.05, 4.69) is 29.5 Å². The minimum atomic E-state index is -0.405. The Bertz CT molecular complexity index is 591. The van der Waals surface area contributed by atoms with E-state index in [1.54, 1.807) is 7.05 Å². The molecule has 6 heteroatoms. The van der Waals surface area contributed by atoms with Crippen molar-refractivity contribution >= 4 is 34.4 Å². The number of rotatable bonds is 5. The molecule has 1 aliphatic heterocycles. The second-order valence-corrected chi connectivity index (χ2v) is 6.23. The van der Waals surface area contributed by atoms with Crippen LogP contribution >= 0.6 is 11.8 Å². The van der Waals surface area contributed by atoms with Crippen LogP contribution in [-0.4, -0.2) is 29.3 Å². The Hall–Kier alpha value is -1.82. The van der Waals surface area contributed by atoms with Crippen LogP contribution in [0.4, 0.5) is 5.69 Å². The maximum atomic E-state index is 12.3. The van der Waals surface area contributed by atoms with Crippen LogP contribution in [0, 0.1) is 0 Å². The summed E-state index contributed by atoms with van der Waals surface area (Å²) in [5.74, 6) is -0.291. The molecule has 1 heterocycles. The summed E-state index contributed by atoms with van der Waals surface area (Å²) in [5, 5.41) is 5.82. The Labute approximate surface area is 135 Å². The Morgan fingerprint density at radius 1 is 1.32 bits per heavy atom. The highest BCUT2D eigenvalue weighted by atomic mass is 32.2. The van der Waals surface area contributed by atoms with Gasteiger partial charge in [0, 0.05) is 19.2 Å². The number of anilines is 1. The lowest BCUT2D eigenvalue weighted by Gasteiger charge is -2.15. The van der Waals surface area contributed by atoms with E-state index in [0.717, 1.165) is 29.7 Å². The van der Waals surface area contributed by atoms with Crippen molar-refractivity contribution in [1.82, 2.24) is 5.32 Å². The highest BCUT2D eigenvalue weighted by Gasteiger charge is 2.31. The average molecular weight is 319 g/mol. The lowest BCUT2D eigenvalue weighted by atomic mass is 10.0. The van der Waals surface area contributed by atoms with Crippen LogP contribution in [0.15, 0.2) is 23.2 Å². The van der Waals surface area contributed by atoms with Gasteiger partial charge in [-0.3, -0.25) is 14.6 Å². The summed E-state index contributed by atoms with van der Waals surface area (Å²) in [6, 6.07) is 6.05. The van der Waals surface area contributed by atoms with Gasteiger partial charge in [0.1, 0.15) is 5.25 Å². The molecule has 0 aromatic heterocycles. The SMILES string of the molecule is CCc1cccc(CC)c1NC(=O)C[C@H]1SC(=NC)NC1=O. The molecule has 2 amide bonds. The summed E-state index contributed by atoms with van der Waals surface area (Å²) in [7, 11) is 1.62. The number of aryl methyl sites for hydroxylation is 2. The van der Waals surface area contributed by atoms with E-state index in [4.69, 9.17) is 0 Å². The average Bonchev–Trinajstić information content (AvgIpc) is 2.87. The largest absolute Gasteiger partial charge is 0.326 e. The number of amides is 2. The van der Waals surface area contributed by atoms with E-state index in [9.17, 15) is 9.59 Å². The molecule has 0 saturated carbocycles. The minimum absolute atomic E-state index is 0.138. The van der Waals surface area contributed by atoms with E-state index >= 15 is 0 Å². The minimum Gasteiger partial charge on any atom is -0.326 e. The van der Waals surface area contributed by atoms with Gasteiger partial charge in [0.25, 0.3) is 0 Å². The van der Waals surface area contributed by atoms with Crippen molar-refractivity contribution in [3.63, 3.8) is 0 Å². The second-order valence-electron chi connectivity index (χ2n) is 5.04. The lowest BCUT2D eigenvalue weighted by molar-refractivity contribution is -0.122. The Morgan fingerprint density at radius 3 is 2.45 bits per heavy atom. The van der Waals surface area contributed by atoms with Gasteiger partial charge in [-0.25, -0.2) is 0 Å². The van der Waals surface area contributed by atoms with Crippen molar-refractivity contribution < 1.29 is 9.59 Å². The summed E-state index contributed by atoms with van der Waals surface area (Å²) in [5.41, 5.74) is 3.13. The van der Waals surface area contributed by atoms with Gasteiger partial charge in [0.15, 0.2) is 5.17 Å². The molecule has 118 valence electrons. The highest BCUT2D eigenvalue weighted by Crippen LogP contribution is 2.25. The molecule has 1 saturated heterocycles. The molecule has 1 fully saturated rings. The fourth-order valence-electron chi connectivity index (χ4n) is 2.41. The first-order chi connectivity index (χ1) is 10.6. The molecule has 0 unspecified atom stereocenters. The third-order valence-corrected chi connectivity index (χ3v) is 4.79. The third-order valence-electron chi connectivity index (χ3n) is 3.61. The molecule has 2 rings (SSSR count). The number of nitrogens with zero attached hydrogens (tertiary/aromatic N) is 1. The molecule has 1 aliphatic rings. The van der Waals surface area contributed by atoms with Gasteiger partial charge in [-0.2, -0.15) is 0 Å². The number of hydrogen-bond acceptors (Lipinski definition) is 4. The molecule has 1 aromatic rings. The number of benzene rings is 1. The zero-order valence-electron chi connectivity index (χ0n) is 13.1. The van der Waals surface area contributed by atoms with Gasteiger partial charge >= 0.3 is 0 Å². The molecule has 22 heavy (non-hydrogen) atoms. The molecule has 1 atom stereocenters. The molecule has 1 aromatic carbocycles. The molecule has 0 spiro atoms. The van der Waals surface area contributed by atoms with Crippen LogP contribution in [0.2, 0.25) is 0 Å². The zero-order valence-corrected chi connectivity index (χ0v) is 13.9. The van der Waals surface area contributed by atoms with Gasteiger partial charge in [-0.1, -0.05) is 43.8 Å². The predicted octanol–water partition coefficient (Wildman–Crippen LogP) is 2.36. The molecule has 0 radical (unpaired) electrons. The lowest BCUT2D eigenvalue weighted by Crippen LogP contribution is -2.28. The molecule has 0 aliphatic carbocycles. The Kier molecular flexibility index (Phi) is 5.60. The van der Waals surface area contributed by atoms with Gasteiger partial charge in [0.2, 0.25) is 11.8 Å². The molecular formula is C16H21N3O2S. The van der Waals surface area contributed by atoms with Crippen molar-refractivity contribution in [2.75, 3.05) is 12.4 Å². The normalized spacial score (nSPS) is 19.3. The van der Waals surface area contributed by atoms with Crippen LogP contribution in [0.5, 0.6) is 0 Å². The fourth-order valence-corrected chi connectivity index (χ4v) is 3.34. The summed E-state index contributed by atoms with van der Waals surface area (Å²) >= 11 is 1.31.